The van der Waals surface area contributed by atoms with Gasteiger partial charge in [-0.2, -0.15) is 12.6 Å². The predicted molar refractivity (Wildman–Crippen MR) is 63.0 cm³/mol. The molecule has 3 heteroatoms. The molecular formula is C10H10Cl2S. The SMILES string of the molecule is C=CCC(S)c1ccc(Cl)c(Cl)c1. The summed E-state index contributed by atoms with van der Waals surface area (Å²) < 4.78 is 0. The van der Waals surface area contributed by atoms with Gasteiger partial charge in [0.25, 0.3) is 0 Å². The van der Waals surface area contributed by atoms with E-state index in [1.807, 2.05) is 18.2 Å². The van der Waals surface area contributed by atoms with Crippen molar-refractivity contribution in [2.24, 2.45) is 0 Å². The summed E-state index contributed by atoms with van der Waals surface area (Å²) in [6.07, 6.45) is 2.65. The highest BCUT2D eigenvalue weighted by Gasteiger charge is 2.06. The van der Waals surface area contributed by atoms with Gasteiger partial charge >= 0.3 is 0 Å². The lowest BCUT2D eigenvalue weighted by molar-refractivity contribution is 0.981. The number of allylic oxidation sites excluding steroid dienone is 1. The van der Waals surface area contributed by atoms with Crippen LogP contribution in [0.4, 0.5) is 0 Å². The molecule has 1 unspecified atom stereocenters. The molecule has 0 saturated heterocycles. The zero-order valence-electron chi connectivity index (χ0n) is 7.00. The lowest BCUT2D eigenvalue weighted by atomic mass is 10.1. The summed E-state index contributed by atoms with van der Waals surface area (Å²) in [6, 6.07) is 5.55. The lowest BCUT2D eigenvalue weighted by Crippen LogP contribution is -1.88. The van der Waals surface area contributed by atoms with E-state index in [1.165, 1.54) is 0 Å². The van der Waals surface area contributed by atoms with Gasteiger partial charge in [0.1, 0.15) is 0 Å². The van der Waals surface area contributed by atoms with Crippen LogP contribution in [0.15, 0.2) is 30.9 Å². The van der Waals surface area contributed by atoms with Crippen LogP contribution in [0.25, 0.3) is 0 Å². The van der Waals surface area contributed by atoms with Crippen LogP contribution in [-0.2, 0) is 0 Å². The molecule has 0 aliphatic carbocycles. The number of benzene rings is 1. The van der Waals surface area contributed by atoms with Crippen LogP contribution in [0.5, 0.6) is 0 Å². The molecular weight excluding hydrogens is 223 g/mol. The summed E-state index contributed by atoms with van der Waals surface area (Å²) >= 11 is 16.1. The maximum Gasteiger partial charge on any atom is 0.0595 e. The summed E-state index contributed by atoms with van der Waals surface area (Å²) in [5, 5.41) is 1.29. The van der Waals surface area contributed by atoms with Gasteiger partial charge in [-0.05, 0) is 24.1 Å². The minimum Gasteiger partial charge on any atom is -0.171 e. The third-order valence-electron chi connectivity index (χ3n) is 1.72. The van der Waals surface area contributed by atoms with Gasteiger partial charge in [-0.25, -0.2) is 0 Å². The smallest absolute Gasteiger partial charge is 0.0595 e. The highest BCUT2D eigenvalue weighted by molar-refractivity contribution is 7.80. The van der Waals surface area contributed by atoms with Gasteiger partial charge in [0, 0.05) is 5.25 Å². The fraction of sp³-hybridized carbons (Fsp3) is 0.200. The molecule has 0 nitrogen and oxygen atoms in total. The van der Waals surface area contributed by atoms with E-state index < -0.39 is 0 Å². The van der Waals surface area contributed by atoms with E-state index >= 15 is 0 Å². The van der Waals surface area contributed by atoms with Crippen molar-refractivity contribution in [1.82, 2.24) is 0 Å². The van der Waals surface area contributed by atoms with Gasteiger partial charge in [0.05, 0.1) is 10.0 Å². The van der Waals surface area contributed by atoms with Crippen LogP contribution in [0.2, 0.25) is 10.0 Å². The standard InChI is InChI=1S/C10H10Cl2S/c1-2-3-10(13)7-4-5-8(11)9(12)6-7/h2,4-6,10,13H,1,3H2. The number of hydrogen-bond donors (Lipinski definition) is 1. The Morgan fingerprint density at radius 3 is 2.62 bits per heavy atom. The second-order valence-electron chi connectivity index (χ2n) is 2.71. The number of thiol groups is 1. The first kappa shape index (κ1) is 11.0. The molecule has 1 aromatic rings. The quantitative estimate of drug-likeness (QED) is 0.575. The maximum atomic E-state index is 5.87. The molecule has 13 heavy (non-hydrogen) atoms. The molecule has 0 bridgehead atoms. The molecule has 0 spiro atoms. The van der Waals surface area contributed by atoms with Crippen LogP contribution in [-0.4, -0.2) is 0 Å². The second kappa shape index (κ2) is 4.94. The van der Waals surface area contributed by atoms with Crippen molar-refractivity contribution in [2.45, 2.75) is 11.7 Å². The van der Waals surface area contributed by atoms with Crippen molar-refractivity contribution in [3.8, 4) is 0 Å². The zero-order chi connectivity index (χ0) is 9.84. The Morgan fingerprint density at radius 1 is 1.38 bits per heavy atom. The molecule has 0 fully saturated rings. The Hall–Kier alpha value is -0.110. The molecule has 0 radical (unpaired) electrons. The highest BCUT2D eigenvalue weighted by Crippen LogP contribution is 2.29. The second-order valence-corrected chi connectivity index (χ2v) is 4.15. The van der Waals surface area contributed by atoms with E-state index in [9.17, 15) is 0 Å². The molecule has 0 saturated carbocycles. The monoisotopic (exact) mass is 232 g/mol. The average molecular weight is 233 g/mol. The molecule has 0 N–H and O–H groups in total. The van der Waals surface area contributed by atoms with E-state index in [2.05, 4.69) is 19.2 Å². The summed E-state index contributed by atoms with van der Waals surface area (Å²) in [5.41, 5.74) is 1.07. The molecule has 0 amide bonds. The Kier molecular flexibility index (Phi) is 4.17. The van der Waals surface area contributed by atoms with Gasteiger partial charge in [-0.1, -0.05) is 35.3 Å². The number of hydrogen-bond acceptors (Lipinski definition) is 1. The van der Waals surface area contributed by atoms with Crippen molar-refractivity contribution < 1.29 is 0 Å². The molecule has 0 aromatic heterocycles. The van der Waals surface area contributed by atoms with Crippen LogP contribution in [0.3, 0.4) is 0 Å². The van der Waals surface area contributed by atoms with E-state index in [0.29, 0.717) is 10.0 Å². The number of rotatable bonds is 3. The van der Waals surface area contributed by atoms with E-state index in [4.69, 9.17) is 23.2 Å². The largest absolute Gasteiger partial charge is 0.171 e. The molecule has 0 aliphatic rings. The summed E-state index contributed by atoms with van der Waals surface area (Å²) in [6.45, 7) is 3.66. The predicted octanol–water partition coefficient (Wildman–Crippen LogP) is 4.54. The minimum atomic E-state index is 0.146. The Balaban J connectivity index is 2.89. The van der Waals surface area contributed by atoms with Crippen molar-refractivity contribution in [3.05, 3.63) is 46.5 Å². The third kappa shape index (κ3) is 2.94. The highest BCUT2D eigenvalue weighted by atomic mass is 35.5. The van der Waals surface area contributed by atoms with E-state index in [-0.39, 0.29) is 5.25 Å². The van der Waals surface area contributed by atoms with Crippen molar-refractivity contribution in [3.63, 3.8) is 0 Å². The fourth-order valence-corrected chi connectivity index (χ4v) is 1.63. The zero-order valence-corrected chi connectivity index (χ0v) is 9.41. The average Bonchev–Trinajstić information content (AvgIpc) is 2.10. The first-order chi connectivity index (χ1) is 6.15. The van der Waals surface area contributed by atoms with Crippen molar-refractivity contribution in [1.29, 1.82) is 0 Å². The van der Waals surface area contributed by atoms with E-state index in [0.717, 1.165) is 12.0 Å². The molecule has 0 heterocycles. The van der Waals surface area contributed by atoms with Crippen LogP contribution in [0.1, 0.15) is 17.2 Å². The van der Waals surface area contributed by atoms with Crippen LogP contribution in [0, 0.1) is 0 Å². The Labute approximate surface area is 94.0 Å². The Bertz CT molecular complexity index is 310. The first-order valence-corrected chi connectivity index (χ1v) is 5.16. The normalized spacial score (nSPS) is 12.5. The van der Waals surface area contributed by atoms with Gasteiger partial charge in [0.15, 0.2) is 0 Å². The fourth-order valence-electron chi connectivity index (χ4n) is 1.01. The molecule has 1 atom stereocenters. The number of halogens is 2. The Morgan fingerprint density at radius 2 is 2.08 bits per heavy atom. The van der Waals surface area contributed by atoms with Crippen molar-refractivity contribution >= 4 is 35.8 Å². The van der Waals surface area contributed by atoms with Gasteiger partial charge in [-0.15, -0.1) is 6.58 Å². The lowest BCUT2D eigenvalue weighted by Gasteiger charge is -2.08. The summed E-state index contributed by atoms with van der Waals surface area (Å²) in [5.74, 6) is 0. The molecule has 1 aromatic carbocycles. The molecule has 0 aliphatic heterocycles. The van der Waals surface area contributed by atoms with E-state index in [1.54, 1.807) is 6.07 Å². The summed E-state index contributed by atoms with van der Waals surface area (Å²) in [4.78, 5) is 0. The van der Waals surface area contributed by atoms with Crippen molar-refractivity contribution in [2.75, 3.05) is 0 Å². The van der Waals surface area contributed by atoms with Gasteiger partial charge < -0.3 is 0 Å². The molecule has 70 valence electrons. The summed E-state index contributed by atoms with van der Waals surface area (Å²) in [7, 11) is 0. The first-order valence-electron chi connectivity index (χ1n) is 3.89. The topological polar surface area (TPSA) is 0 Å². The van der Waals surface area contributed by atoms with Crippen LogP contribution < -0.4 is 0 Å². The van der Waals surface area contributed by atoms with Gasteiger partial charge in [-0.3, -0.25) is 0 Å². The van der Waals surface area contributed by atoms with Crippen LogP contribution >= 0.6 is 35.8 Å². The molecule has 1 rings (SSSR count). The minimum absolute atomic E-state index is 0.146. The van der Waals surface area contributed by atoms with Gasteiger partial charge in [0.2, 0.25) is 0 Å². The maximum absolute atomic E-state index is 5.87. The third-order valence-corrected chi connectivity index (χ3v) is 2.97.